The number of benzene rings is 1. The van der Waals surface area contributed by atoms with Crippen LogP contribution in [0.4, 0.5) is 0 Å². The molecule has 1 atom stereocenters. The second kappa shape index (κ2) is 9.85. The maximum absolute atomic E-state index is 13.3. The fraction of sp³-hybridized carbons (Fsp3) is 0.375. The van der Waals surface area contributed by atoms with Crippen molar-refractivity contribution in [2.24, 2.45) is 5.92 Å². The molecule has 1 saturated heterocycles. The summed E-state index contributed by atoms with van der Waals surface area (Å²) in [5.41, 5.74) is 2.89. The van der Waals surface area contributed by atoms with Crippen molar-refractivity contribution in [1.82, 2.24) is 25.0 Å². The molecule has 1 aliphatic rings. The highest BCUT2D eigenvalue weighted by molar-refractivity contribution is 5.99. The van der Waals surface area contributed by atoms with Crippen LogP contribution in [-0.2, 0) is 4.74 Å². The van der Waals surface area contributed by atoms with Crippen molar-refractivity contribution in [2.75, 3.05) is 32.8 Å². The highest BCUT2D eigenvalue weighted by Crippen LogP contribution is 2.23. The topological polar surface area (TPSA) is 72.3 Å². The van der Waals surface area contributed by atoms with Crippen LogP contribution in [0.15, 0.2) is 61.1 Å². The third kappa shape index (κ3) is 5.00. The van der Waals surface area contributed by atoms with Crippen LogP contribution in [0.25, 0.3) is 16.9 Å². The van der Waals surface area contributed by atoms with Crippen LogP contribution >= 0.6 is 0 Å². The van der Waals surface area contributed by atoms with Gasteiger partial charge in [-0.3, -0.25) is 14.7 Å². The standard InChI is InChI=1S/C24H29N5O2/c1-18(2)22(28-11-13-31-14-12-28)16-26-24(30)21-17-29(20-8-4-3-5-9-20)27-23(21)19-7-6-10-25-15-19/h3-10,15,17-18,22H,11-14,16H2,1-2H3,(H,26,30). The monoisotopic (exact) mass is 419 g/mol. The number of ether oxygens (including phenoxy) is 1. The Labute approximate surface area is 183 Å². The molecule has 1 aromatic carbocycles. The number of aromatic nitrogens is 3. The molecule has 0 bridgehead atoms. The summed E-state index contributed by atoms with van der Waals surface area (Å²) >= 11 is 0. The number of nitrogens with one attached hydrogen (secondary N) is 1. The van der Waals surface area contributed by atoms with E-state index in [0.29, 0.717) is 23.7 Å². The van der Waals surface area contributed by atoms with Gasteiger partial charge in [0, 0.05) is 49.8 Å². The van der Waals surface area contributed by atoms with E-state index in [4.69, 9.17) is 9.84 Å². The molecular weight excluding hydrogens is 390 g/mol. The van der Waals surface area contributed by atoms with Gasteiger partial charge in [0.2, 0.25) is 0 Å². The molecule has 1 unspecified atom stereocenters. The van der Waals surface area contributed by atoms with E-state index >= 15 is 0 Å². The van der Waals surface area contributed by atoms with Gasteiger partial charge in [0.15, 0.2) is 0 Å². The van der Waals surface area contributed by atoms with Crippen LogP contribution in [0.2, 0.25) is 0 Å². The van der Waals surface area contributed by atoms with Crippen LogP contribution < -0.4 is 5.32 Å². The SMILES string of the molecule is CC(C)C(CNC(=O)c1cn(-c2ccccc2)nc1-c1cccnc1)N1CCOCC1. The Kier molecular flexibility index (Phi) is 6.74. The second-order valence-electron chi connectivity index (χ2n) is 8.08. The Morgan fingerprint density at radius 3 is 2.58 bits per heavy atom. The van der Waals surface area contributed by atoms with E-state index in [1.165, 1.54) is 0 Å². The fourth-order valence-electron chi connectivity index (χ4n) is 3.96. The van der Waals surface area contributed by atoms with E-state index in [9.17, 15) is 4.79 Å². The summed E-state index contributed by atoms with van der Waals surface area (Å²) in [5.74, 6) is 0.295. The molecule has 0 aliphatic carbocycles. The Morgan fingerprint density at radius 1 is 1.13 bits per heavy atom. The van der Waals surface area contributed by atoms with E-state index in [2.05, 4.69) is 29.0 Å². The number of hydrogen-bond donors (Lipinski definition) is 1. The zero-order chi connectivity index (χ0) is 21.6. The number of amides is 1. The van der Waals surface area contributed by atoms with Crippen LogP contribution in [0.3, 0.4) is 0 Å². The van der Waals surface area contributed by atoms with Gasteiger partial charge in [0.05, 0.1) is 24.5 Å². The Bertz CT molecular complexity index is 982. The highest BCUT2D eigenvalue weighted by atomic mass is 16.5. The van der Waals surface area contributed by atoms with Crippen molar-refractivity contribution in [3.8, 4) is 16.9 Å². The van der Waals surface area contributed by atoms with E-state index in [-0.39, 0.29) is 11.9 Å². The van der Waals surface area contributed by atoms with Gasteiger partial charge in [-0.1, -0.05) is 32.0 Å². The molecule has 1 N–H and O–H groups in total. The number of carbonyl (C=O) groups excluding carboxylic acids is 1. The van der Waals surface area contributed by atoms with Gasteiger partial charge in [-0.25, -0.2) is 4.68 Å². The molecule has 0 radical (unpaired) electrons. The highest BCUT2D eigenvalue weighted by Gasteiger charge is 2.25. The molecule has 7 heteroatoms. The van der Waals surface area contributed by atoms with Gasteiger partial charge in [0.1, 0.15) is 5.69 Å². The largest absolute Gasteiger partial charge is 0.379 e. The molecule has 7 nitrogen and oxygen atoms in total. The molecule has 1 amide bonds. The zero-order valence-electron chi connectivity index (χ0n) is 18.1. The van der Waals surface area contributed by atoms with E-state index in [0.717, 1.165) is 37.6 Å². The van der Waals surface area contributed by atoms with Crippen LogP contribution in [-0.4, -0.2) is 64.5 Å². The zero-order valence-corrected chi connectivity index (χ0v) is 18.1. The lowest BCUT2D eigenvalue weighted by Crippen LogP contribution is -2.51. The minimum Gasteiger partial charge on any atom is -0.379 e. The van der Waals surface area contributed by atoms with E-state index in [1.54, 1.807) is 23.3 Å². The van der Waals surface area contributed by atoms with E-state index in [1.807, 2.05) is 42.5 Å². The summed E-state index contributed by atoms with van der Waals surface area (Å²) in [6.45, 7) is 8.25. The lowest BCUT2D eigenvalue weighted by molar-refractivity contribution is 0.00673. The summed E-state index contributed by atoms with van der Waals surface area (Å²) in [6, 6.07) is 13.8. The molecule has 2 aromatic heterocycles. The molecule has 3 aromatic rings. The smallest absolute Gasteiger partial charge is 0.255 e. The van der Waals surface area contributed by atoms with Gasteiger partial charge in [-0.05, 0) is 30.2 Å². The summed E-state index contributed by atoms with van der Waals surface area (Å²) in [6.07, 6.45) is 5.25. The first kappa shape index (κ1) is 21.2. The van der Waals surface area contributed by atoms with Gasteiger partial charge in [-0.15, -0.1) is 0 Å². The van der Waals surface area contributed by atoms with Crippen LogP contribution in [0.1, 0.15) is 24.2 Å². The fourth-order valence-corrected chi connectivity index (χ4v) is 3.96. The molecule has 31 heavy (non-hydrogen) atoms. The average molecular weight is 420 g/mol. The first-order chi connectivity index (χ1) is 15.1. The third-order valence-electron chi connectivity index (χ3n) is 5.67. The van der Waals surface area contributed by atoms with Crippen molar-refractivity contribution >= 4 is 5.91 Å². The van der Waals surface area contributed by atoms with Crippen molar-refractivity contribution in [3.63, 3.8) is 0 Å². The summed E-state index contributed by atoms with van der Waals surface area (Å²) in [4.78, 5) is 19.9. The van der Waals surface area contributed by atoms with Gasteiger partial charge >= 0.3 is 0 Å². The molecule has 4 rings (SSSR count). The average Bonchev–Trinajstić information content (AvgIpc) is 3.26. The van der Waals surface area contributed by atoms with Crippen LogP contribution in [0, 0.1) is 5.92 Å². The first-order valence-corrected chi connectivity index (χ1v) is 10.8. The second-order valence-corrected chi connectivity index (χ2v) is 8.08. The predicted octanol–water partition coefficient (Wildman–Crippen LogP) is 3.02. The summed E-state index contributed by atoms with van der Waals surface area (Å²) < 4.78 is 7.24. The Hall–Kier alpha value is -3.03. The lowest BCUT2D eigenvalue weighted by atomic mass is 10.0. The third-order valence-corrected chi connectivity index (χ3v) is 5.67. The van der Waals surface area contributed by atoms with Crippen LogP contribution in [0.5, 0.6) is 0 Å². The van der Waals surface area contributed by atoms with Gasteiger partial charge < -0.3 is 10.1 Å². The number of morpholine rings is 1. The minimum absolute atomic E-state index is 0.125. The lowest BCUT2D eigenvalue weighted by Gasteiger charge is -2.36. The number of carbonyl (C=O) groups is 1. The van der Waals surface area contributed by atoms with Crippen molar-refractivity contribution < 1.29 is 9.53 Å². The van der Waals surface area contributed by atoms with Gasteiger partial charge in [0.25, 0.3) is 5.91 Å². The molecule has 0 saturated carbocycles. The number of para-hydroxylation sites is 1. The number of nitrogens with zero attached hydrogens (tertiary/aromatic N) is 4. The predicted molar refractivity (Wildman–Crippen MR) is 120 cm³/mol. The molecule has 0 spiro atoms. The molecule has 3 heterocycles. The number of hydrogen-bond acceptors (Lipinski definition) is 5. The van der Waals surface area contributed by atoms with Crippen molar-refractivity contribution in [3.05, 3.63) is 66.6 Å². The van der Waals surface area contributed by atoms with E-state index < -0.39 is 0 Å². The quantitative estimate of drug-likeness (QED) is 0.637. The molecule has 1 aliphatic heterocycles. The maximum atomic E-state index is 13.3. The minimum atomic E-state index is -0.125. The summed E-state index contributed by atoms with van der Waals surface area (Å²) in [5, 5.41) is 7.87. The number of rotatable bonds is 7. The Morgan fingerprint density at radius 2 is 1.90 bits per heavy atom. The Balaban J connectivity index is 1.58. The summed E-state index contributed by atoms with van der Waals surface area (Å²) in [7, 11) is 0. The normalized spacial score (nSPS) is 15.7. The molecule has 162 valence electrons. The van der Waals surface area contributed by atoms with Crippen molar-refractivity contribution in [2.45, 2.75) is 19.9 Å². The maximum Gasteiger partial charge on any atom is 0.255 e. The van der Waals surface area contributed by atoms with Gasteiger partial charge in [-0.2, -0.15) is 5.10 Å². The van der Waals surface area contributed by atoms with Crippen molar-refractivity contribution in [1.29, 1.82) is 0 Å². The number of pyridine rings is 1. The molecular formula is C24H29N5O2. The first-order valence-electron chi connectivity index (χ1n) is 10.8. The molecule has 1 fully saturated rings.